The van der Waals surface area contributed by atoms with Gasteiger partial charge < -0.3 is 29.9 Å². The standard InChI is InChI=1S/C18H29N4O9PS/c1-12-10-22(18(25)21-16(12)24)17-15(28-9-8-27-3)14(23)13(31-17)11-33-32(26,29-6-4-19)30-7-5-20-2/h10,13-15,17,23H,4-9,11,19H2,1,3H3,(H,21,24,25)/t13-,14-,15-,17-,32?/m1/s1. The molecule has 1 aliphatic rings. The number of nitrogens with one attached hydrogen (secondary N) is 1. The summed E-state index contributed by atoms with van der Waals surface area (Å²) in [6.07, 6.45) is -2.82. The maximum atomic E-state index is 13.0. The summed E-state index contributed by atoms with van der Waals surface area (Å²) < 4.78 is 41.2. The van der Waals surface area contributed by atoms with E-state index in [0.717, 1.165) is 15.9 Å². The van der Waals surface area contributed by atoms with E-state index >= 15 is 0 Å². The van der Waals surface area contributed by atoms with Gasteiger partial charge in [0.2, 0.25) is 6.54 Å². The van der Waals surface area contributed by atoms with Crippen LogP contribution in [0.3, 0.4) is 0 Å². The molecule has 1 fully saturated rings. The molecule has 15 heteroatoms. The predicted molar refractivity (Wildman–Crippen MR) is 120 cm³/mol. The number of ether oxygens (including phenoxy) is 3. The average Bonchev–Trinajstić information content (AvgIpc) is 3.09. The van der Waals surface area contributed by atoms with Gasteiger partial charge in [0, 0.05) is 31.2 Å². The second-order valence-corrected chi connectivity index (χ2v) is 11.1. The van der Waals surface area contributed by atoms with Gasteiger partial charge in [0.25, 0.3) is 5.56 Å². The summed E-state index contributed by atoms with van der Waals surface area (Å²) in [6.45, 7) is 5.03. The van der Waals surface area contributed by atoms with Crippen molar-refractivity contribution in [1.29, 1.82) is 0 Å². The largest absolute Gasteiger partial charge is 0.389 e. The highest BCUT2D eigenvalue weighted by Gasteiger charge is 2.47. The van der Waals surface area contributed by atoms with Gasteiger partial charge in [-0.15, -0.1) is 0 Å². The number of aliphatic hydroxyl groups excluding tert-OH is 1. The zero-order valence-corrected chi connectivity index (χ0v) is 20.1. The highest BCUT2D eigenvalue weighted by Crippen LogP contribution is 2.61. The van der Waals surface area contributed by atoms with E-state index in [9.17, 15) is 19.3 Å². The van der Waals surface area contributed by atoms with Gasteiger partial charge in [-0.2, -0.15) is 0 Å². The van der Waals surface area contributed by atoms with Crippen molar-refractivity contribution < 1.29 is 32.9 Å². The van der Waals surface area contributed by atoms with Crippen LogP contribution in [0.4, 0.5) is 0 Å². The van der Waals surface area contributed by atoms with Crippen molar-refractivity contribution in [2.45, 2.75) is 31.5 Å². The monoisotopic (exact) mass is 508 g/mol. The molecule has 1 aliphatic heterocycles. The number of H-pyrrole nitrogens is 1. The molecule has 0 aliphatic carbocycles. The highest BCUT2D eigenvalue weighted by atomic mass is 32.7. The topological polar surface area (TPSA) is 169 Å². The number of methoxy groups -OCH3 is 1. The number of nitrogens with two attached hydrogens (primary N) is 1. The van der Waals surface area contributed by atoms with E-state index in [1.807, 2.05) is 0 Å². The number of nitrogens with zero attached hydrogens (tertiary/aromatic N) is 2. The Morgan fingerprint density at radius 2 is 2.06 bits per heavy atom. The lowest BCUT2D eigenvalue weighted by Crippen LogP contribution is -2.40. The van der Waals surface area contributed by atoms with E-state index in [-0.39, 0.29) is 50.8 Å². The molecular weight excluding hydrogens is 479 g/mol. The number of aromatic nitrogens is 2. The Bertz CT molecular complexity index is 965. The predicted octanol–water partition coefficient (Wildman–Crippen LogP) is -0.113. The molecule has 0 aromatic carbocycles. The normalized spacial score (nSPS) is 24.5. The summed E-state index contributed by atoms with van der Waals surface area (Å²) in [5.74, 6) is -0.0290. The first-order chi connectivity index (χ1) is 15.8. The van der Waals surface area contributed by atoms with Crippen LogP contribution in [-0.2, 0) is 27.8 Å². The smallest absolute Gasteiger partial charge is 0.387 e. The molecule has 0 spiro atoms. The molecule has 0 radical (unpaired) electrons. The van der Waals surface area contributed by atoms with Crippen LogP contribution in [0.15, 0.2) is 15.8 Å². The quantitative estimate of drug-likeness (QED) is 0.174. The van der Waals surface area contributed by atoms with Crippen molar-refractivity contribution in [3.05, 3.63) is 44.0 Å². The molecule has 1 aromatic heterocycles. The molecule has 2 rings (SSSR count). The van der Waals surface area contributed by atoms with Crippen LogP contribution in [0.25, 0.3) is 4.85 Å². The molecule has 13 nitrogen and oxygen atoms in total. The molecule has 1 aromatic rings. The van der Waals surface area contributed by atoms with Gasteiger partial charge in [-0.3, -0.25) is 23.4 Å². The maximum Gasteiger partial charge on any atom is 0.389 e. The molecular formula is C18H29N4O9PS. The third-order valence-electron chi connectivity index (χ3n) is 4.55. The maximum absolute atomic E-state index is 13.0. The van der Waals surface area contributed by atoms with Gasteiger partial charge in [-0.05, 0) is 18.3 Å². The zero-order valence-electron chi connectivity index (χ0n) is 18.4. The Kier molecular flexibility index (Phi) is 11.2. The fourth-order valence-electron chi connectivity index (χ4n) is 2.94. The van der Waals surface area contributed by atoms with Crippen molar-refractivity contribution in [1.82, 2.24) is 9.55 Å². The first-order valence-corrected chi connectivity index (χ1v) is 13.2. The molecule has 1 saturated heterocycles. The molecule has 1 unspecified atom stereocenters. The summed E-state index contributed by atoms with van der Waals surface area (Å²) in [6, 6.07) is 0. The minimum absolute atomic E-state index is 0.00501. The number of aliphatic hydroxyl groups is 1. The lowest BCUT2D eigenvalue weighted by molar-refractivity contribution is -0.0789. The van der Waals surface area contributed by atoms with Crippen LogP contribution in [0, 0.1) is 13.5 Å². The van der Waals surface area contributed by atoms with E-state index in [1.54, 1.807) is 0 Å². The van der Waals surface area contributed by atoms with Gasteiger partial charge in [0.05, 0.1) is 25.9 Å². The average molecular weight is 508 g/mol. The molecule has 5 atom stereocenters. The van der Waals surface area contributed by atoms with Crippen LogP contribution in [-0.4, -0.2) is 85.3 Å². The minimum Gasteiger partial charge on any atom is -0.387 e. The molecule has 2 heterocycles. The Morgan fingerprint density at radius 3 is 2.73 bits per heavy atom. The molecule has 4 N–H and O–H groups in total. The van der Waals surface area contributed by atoms with Gasteiger partial charge in [-0.25, -0.2) is 15.9 Å². The summed E-state index contributed by atoms with van der Waals surface area (Å²) in [4.78, 5) is 29.5. The number of aromatic amines is 1. The Labute approximate surface area is 194 Å². The Hall–Kier alpha value is -1.53. The fourth-order valence-corrected chi connectivity index (χ4v) is 6.29. The van der Waals surface area contributed by atoms with Crippen LogP contribution < -0.4 is 17.0 Å². The van der Waals surface area contributed by atoms with Crippen molar-refractivity contribution in [2.75, 3.05) is 52.4 Å². The molecule has 33 heavy (non-hydrogen) atoms. The fraction of sp³-hybridized carbons (Fsp3) is 0.722. The van der Waals surface area contributed by atoms with Crippen molar-refractivity contribution >= 4 is 18.2 Å². The van der Waals surface area contributed by atoms with Crippen LogP contribution >= 0.6 is 18.2 Å². The molecule has 0 saturated carbocycles. The van der Waals surface area contributed by atoms with E-state index in [2.05, 4.69) is 9.83 Å². The van der Waals surface area contributed by atoms with Gasteiger partial charge in [0.1, 0.15) is 18.8 Å². The third kappa shape index (κ3) is 7.74. The number of hydrogen-bond donors (Lipinski definition) is 3. The minimum atomic E-state index is -3.68. The second kappa shape index (κ2) is 13.4. The number of rotatable bonds is 14. The van der Waals surface area contributed by atoms with Gasteiger partial charge in [0.15, 0.2) is 6.23 Å². The number of hydrogen-bond acceptors (Lipinski definition) is 11. The highest BCUT2D eigenvalue weighted by molar-refractivity contribution is 8.55. The van der Waals surface area contributed by atoms with E-state index in [0.29, 0.717) is 0 Å². The summed E-state index contributed by atoms with van der Waals surface area (Å²) in [5.41, 5.74) is 4.43. The second-order valence-electron chi connectivity index (χ2n) is 6.94. The molecule has 0 amide bonds. The first-order valence-electron chi connectivity index (χ1n) is 10.1. The van der Waals surface area contributed by atoms with Gasteiger partial charge in [-0.1, -0.05) is 0 Å². The lowest BCUT2D eigenvalue weighted by Gasteiger charge is -2.22. The van der Waals surface area contributed by atoms with Gasteiger partial charge >= 0.3 is 12.5 Å². The van der Waals surface area contributed by atoms with Crippen molar-refractivity contribution in [2.24, 2.45) is 5.73 Å². The lowest BCUT2D eigenvalue weighted by atomic mass is 10.1. The van der Waals surface area contributed by atoms with Crippen LogP contribution in [0.2, 0.25) is 0 Å². The van der Waals surface area contributed by atoms with E-state index in [4.69, 9.17) is 35.6 Å². The van der Waals surface area contributed by atoms with Crippen LogP contribution in [0.1, 0.15) is 11.8 Å². The summed E-state index contributed by atoms with van der Waals surface area (Å²) in [7, 11) is 1.49. The van der Waals surface area contributed by atoms with E-state index < -0.39 is 42.6 Å². The summed E-state index contributed by atoms with van der Waals surface area (Å²) in [5, 5.41) is 10.9. The SMILES string of the molecule is [C-]#[N+]CCOP(=O)(OCCN)SC[C@H]1O[C@@H](n2cc(C)c(=O)[nH]c2=O)[C@H](OCCOC)[C@@H]1O. The van der Waals surface area contributed by atoms with Crippen LogP contribution in [0.5, 0.6) is 0 Å². The first kappa shape index (κ1) is 27.7. The van der Waals surface area contributed by atoms with E-state index in [1.165, 1.54) is 20.2 Å². The van der Waals surface area contributed by atoms with Crippen molar-refractivity contribution in [3.63, 3.8) is 0 Å². The molecule has 0 bridgehead atoms. The summed E-state index contributed by atoms with van der Waals surface area (Å²) >= 11 is 0.795. The van der Waals surface area contributed by atoms with Crippen molar-refractivity contribution in [3.8, 4) is 0 Å². The Balaban J connectivity index is 2.21. The molecule has 186 valence electrons. The third-order valence-corrected chi connectivity index (χ3v) is 8.37. The zero-order chi connectivity index (χ0) is 24.4. The Morgan fingerprint density at radius 1 is 1.33 bits per heavy atom. The number of aryl methyl sites for hydroxylation is 1.